The van der Waals surface area contributed by atoms with E-state index in [1.165, 1.54) is 29.7 Å². The summed E-state index contributed by atoms with van der Waals surface area (Å²) in [5.74, 6) is -0.986. The van der Waals surface area contributed by atoms with E-state index in [2.05, 4.69) is 15.6 Å². The number of amides is 2. The van der Waals surface area contributed by atoms with Crippen LogP contribution in [-0.2, 0) is 11.2 Å². The highest BCUT2D eigenvalue weighted by Crippen LogP contribution is 2.18. The molecule has 7 heteroatoms. The molecule has 128 valence electrons. The van der Waals surface area contributed by atoms with Crippen LogP contribution >= 0.6 is 0 Å². The van der Waals surface area contributed by atoms with Crippen molar-refractivity contribution in [2.45, 2.75) is 20.3 Å². The summed E-state index contributed by atoms with van der Waals surface area (Å²) in [5.41, 5.74) is 2.62. The number of nitrogens with one attached hydrogen (secondary N) is 2. The standard InChI is InChI=1S/C18H17FN4O2/c1-3-15-17(23-10-12(19)4-9-16(23)22-15)18(25)21-14-7-5-13(6-8-14)20-11(2)24/h4-10H,3H2,1-2H3,(H,20,24)(H,21,25). The molecule has 0 aliphatic rings. The molecule has 3 aromatic rings. The minimum atomic E-state index is -0.443. The number of fused-ring (bicyclic) bond motifs is 1. The molecule has 0 radical (unpaired) electrons. The number of carbonyl (C=O) groups excluding carboxylic acids is 2. The van der Waals surface area contributed by atoms with Crippen molar-refractivity contribution in [2.24, 2.45) is 0 Å². The Hall–Kier alpha value is -3.22. The van der Waals surface area contributed by atoms with Crippen molar-refractivity contribution < 1.29 is 14.0 Å². The number of carbonyl (C=O) groups is 2. The molecule has 0 atom stereocenters. The number of aryl methyl sites for hydroxylation is 1. The van der Waals surface area contributed by atoms with Gasteiger partial charge in [0.15, 0.2) is 0 Å². The summed E-state index contributed by atoms with van der Waals surface area (Å²) in [4.78, 5) is 28.1. The van der Waals surface area contributed by atoms with Crippen molar-refractivity contribution >= 4 is 28.8 Å². The zero-order valence-electron chi connectivity index (χ0n) is 13.8. The van der Waals surface area contributed by atoms with Gasteiger partial charge in [-0.3, -0.25) is 14.0 Å². The lowest BCUT2D eigenvalue weighted by atomic mass is 10.2. The maximum atomic E-state index is 13.6. The van der Waals surface area contributed by atoms with E-state index in [9.17, 15) is 14.0 Å². The summed E-state index contributed by atoms with van der Waals surface area (Å²) in [6, 6.07) is 9.58. The summed E-state index contributed by atoms with van der Waals surface area (Å²) in [5, 5.41) is 5.43. The highest BCUT2D eigenvalue weighted by atomic mass is 19.1. The van der Waals surface area contributed by atoms with Crippen LogP contribution in [0.1, 0.15) is 30.0 Å². The van der Waals surface area contributed by atoms with Crippen LogP contribution < -0.4 is 10.6 Å². The summed E-state index contributed by atoms with van der Waals surface area (Å²) >= 11 is 0. The second-order valence-corrected chi connectivity index (χ2v) is 5.55. The molecule has 3 rings (SSSR count). The Morgan fingerprint density at radius 3 is 2.32 bits per heavy atom. The molecule has 0 spiro atoms. The van der Waals surface area contributed by atoms with Gasteiger partial charge < -0.3 is 10.6 Å². The van der Waals surface area contributed by atoms with Gasteiger partial charge in [-0.2, -0.15) is 0 Å². The van der Waals surface area contributed by atoms with E-state index in [4.69, 9.17) is 0 Å². The van der Waals surface area contributed by atoms with Crippen LogP contribution in [0.2, 0.25) is 0 Å². The maximum absolute atomic E-state index is 13.6. The van der Waals surface area contributed by atoms with Gasteiger partial charge in [0, 0.05) is 24.5 Å². The molecule has 0 saturated carbocycles. The van der Waals surface area contributed by atoms with E-state index in [1.54, 1.807) is 24.3 Å². The maximum Gasteiger partial charge on any atom is 0.274 e. The second kappa shape index (κ2) is 6.72. The number of hydrogen-bond acceptors (Lipinski definition) is 3. The van der Waals surface area contributed by atoms with E-state index in [0.29, 0.717) is 34.8 Å². The first-order chi connectivity index (χ1) is 12.0. The van der Waals surface area contributed by atoms with Crippen molar-refractivity contribution in [1.82, 2.24) is 9.38 Å². The minimum absolute atomic E-state index is 0.169. The van der Waals surface area contributed by atoms with Crippen LogP contribution in [0.3, 0.4) is 0 Å². The van der Waals surface area contributed by atoms with Crippen LogP contribution in [0.5, 0.6) is 0 Å². The first-order valence-electron chi connectivity index (χ1n) is 7.83. The van der Waals surface area contributed by atoms with E-state index >= 15 is 0 Å². The predicted octanol–water partition coefficient (Wildman–Crippen LogP) is 3.25. The molecule has 2 N–H and O–H groups in total. The molecule has 2 heterocycles. The smallest absolute Gasteiger partial charge is 0.274 e. The molecule has 6 nitrogen and oxygen atoms in total. The van der Waals surface area contributed by atoms with Gasteiger partial charge in [0.2, 0.25) is 5.91 Å². The van der Waals surface area contributed by atoms with Gasteiger partial charge in [-0.05, 0) is 42.8 Å². The molecule has 0 aliphatic carbocycles. The molecule has 0 unspecified atom stereocenters. The molecule has 0 fully saturated rings. The topological polar surface area (TPSA) is 75.5 Å². The van der Waals surface area contributed by atoms with Gasteiger partial charge in [-0.25, -0.2) is 9.37 Å². The van der Waals surface area contributed by atoms with E-state index in [1.807, 2.05) is 6.92 Å². The molecule has 1 aromatic carbocycles. The Kier molecular flexibility index (Phi) is 4.47. The lowest BCUT2D eigenvalue weighted by molar-refractivity contribution is -0.114. The van der Waals surface area contributed by atoms with E-state index in [0.717, 1.165) is 0 Å². The van der Waals surface area contributed by atoms with Crippen LogP contribution in [0.25, 0.3) is 5.65 Å². The number of aromatic nitrogens is 2. The first kappa shape index (κ1) is 16.6. The van der Waals surface area contributed by atoms with Crippen molar-refractivity contribution in [3.63, 3.8) is 0 Å². The van der Waals surface area contributed by atoms with Crippen LogP contribution in [0, 0.1) is 5.82 Å². The minimum Gasteiger partial charge on any atom is -0.326 e. The number of benzene rings is 1. The normalized spacial score (nSPS) is 10.7. The Bertz CT molecular complexity index is 948. The third-order valence-corrected chi connectivity index (χ3v) is 3.67. The number of halogens is 1. The van der Waals surface area contributed by atoms with Gasteiger partial charge >= 0.3 is 0 Å². The lowest BCUT2D eigenvalue weighted by Gasteiger charge is -2.08. The van der Waals surface area contributed by atoms with Crippen LogP contribution in [-0.4, -0.2) is 21.2 Å². The number of anilines is 2. The largest absolute Gasteiger partial charge is 0.326 e. The summed E-state index contributed by atoms with van der Waals surface area (Å²) in [7, 11) is 0. The summed E-state index contributed by atoms with van der Waals surface area (Å²) in [6.07, 6.45) is 1.80. The number of hydrogen-bond donors (Lipinski definition) is 2. The fourth-order valence-corrected chi connectivity index (χ4v) is 2.58. The van der Waals surface area contributed by atoms with Crippen molar-refractivity contribution in [1.29, 1.82) is 0 Å². The summed E-state index contributed by atoms with van der Waals surface area (Å²) in [6.45, 7) is 3.31. The molecular formula is C18H17FN4O2. The molecule has 0 saturated heterocycles. The van der Waals surface area contributed by atoms with Crippen LogP contribution in [0.4, 0.5) is 15.8 Å². The van der Waals surface area contributed by atoms with Gasteiger partial charge in [-0.15, -0.1) is 0 Å². The van der Waals surface area contributed by atoms with E-state index < -0.39 is 5.82 Å². The van der Waals surface area contributed by atoms with Crippen molar-refractivity contribution in [3.8, 4) is 0 Å². The van der Waals surface area contributed by atoms with Gasteiger partial charge in [0.1, 0.15) is 17.2 Å². The Morgan fingerprint density at radius 2 is 1.72 bits per heavy atom. The molecule has 2 aromatic heterocycles. The number of rotatable bonds is 4. The number of imidazole rings is 1. The predicted molar refractivity (Wildman–Crippen MR) is 93.2 cm³/mol. The zero-order chi connectivity index (χ0) is 18.0. The zero-order valence-corrected chi connectivity index (χ0v) is 13.8. The molecule has 2 amide bonds. The third-order valence-electron chi connectivity index (χ3n) is 3.67. The molecule has 0 bridgehead atoms. The third kappa shape index (κ3) is 3.50. The van der Waals surface area contributed by atoms with Gasteiger partial charge in [0.25, 0.3) is 5.91 Å². The Labute approximate surface area is 143 Å². The SMILES string of the molecule is CCc1nc2ccc(F)cn2c1C(=O)Nc1ccc(NC(C)=O)cc1. The Balaban J connectivity index is 1.89. The van der Waals surface area contributed by atoms with Gasteiger partial charge in [0.05, 0.1) is 5.69 Å². The van der Waals surface area contributed by atoms with Crippen LogP contribution in [0.15, 0.2) is 42.6 Å². The average Bonchev–Trinajstić information content (AvgIpc) is 2.94. The Morgan fingerprint density at radius 1 is 1.08 bits per heavy atom. The average molecular weight is 340 g/mol. The molecule has 0 aliphatic heterocycles. The molecule has 25 heavy (non-hydrogen) atoms. The fraction of sp³-hybridized carbons (Fsp3) is 0.167. The lowest BCUT2D eigenvalue weighted by Crippen LogP contribution is -2.16. The fourth-order valence-electron chi connectivity index (χ4n) is 2.58. The highest BCUT2D eigenvalue weighted by Gasteiger charge is 2.18. The second-order valence-electron chi connectivity index (χ2n) is 5.55. The monoisotopic (exact) mass is 340 g/mol. The number of nitrogens with zero attached hydrogens (tertiary/aromatic N) is 2. The van der Waals surface area contributed by atoms with Gasteiger partial charge in [-0.1, -0.05) is 6.92 Å². The van der Waals surface area contributed by atoms with Crippen molar-refractivity contribution in [3.05, 3.63) is 59.8 Å². The van der Waals surface area contributed by atoms with Crippen molar-refractivity contribution in [2.75, 3.05) is 10.6 Å². The quantitative estimate of drug-likeness (QED) is 0.765. The summed E-state index contributed by atoms with van der Waals surface area (Å²) < 4.78 is 15.0. The highest BCUT2D eigenvalue weighted by molar-refractivity contribution is 6.04. The first-order valence-corrected chi connectivity index (χ1v) is 7.83. The van der Waals surface area contributed by atoms with E-state index in [-0.39, 0.29) is 11.8 Å². The molecular weight excluding hydrogens is 323 g/mol. The number of pyridine rings is 1.